The van der Waals surface area contributed by atoms with Gasteiger partial charge in [-0.05, 0) is 56.3 Å². The summed E-state index contributed by atoms with van der Waals surface area (Å²) in [6, 6.07) is 0. The standard InChI is InChI=1S/C13H22FI/c1-9-2-7-12(13(14)8-9)10-3-5-11(15)6-4-10/h9-13H,2-8H2,1H3. The largest absolute Gasteiger partial charge is 0.247 e. The average Bonchev–Trinajstić information content (AvgIpc) is 2.20. The molecule has 2 saturated carbocycles. The van der Waals surface area contributed by atoms with E-state index < -0.39 is 6.17 Å². The van der Waals surface area contributed by atoms with Gasteiger partial charge in [0.15, 0.2) is 0 Å². The molecule has 0 amide bonds. The van der Waals surface area contributed by atoms with Gasteiger partial charge in [-0.3, -0.25) is 0 Å². The molecule has 0 N–H and O–H groups in total. The Morgan fingerprint density at radius 3 is 2.27 bits per heavy atom. The number of rotatable bonds is 1. The molecule has 0 aromatic heterocycles. The summed E-state index contributed by atoms with van der Waals surface area (Å²) < 4.78 is 14.8. The predicted molar refractivity (Wildman–Crippen MR) is 71.2 cm³/mol. The topological polar surface area (TPSA) is 0 Å². The van der Waals surface area contributed by atoms with Gasteiger partial charge in [-0.2, -0.15) is 0 Å². The molecule has 0 aromatic carbocycles. The van der Waals surface area contributed by atoms with E-state index in [9.17, 15) is 4.39 Å². The van der Waals surface area contributed by atoms with Gasteiger partial charge >= 0.3 is 0 Å². The lowest BCUT2D eigenvalue weighted by Gasteiger charge is -2.38. The van der Waals surface area contributed by atoms with Crippen LogP contribution in [0.4, 0.5) is 4.39 Å². The van der Waals surface area contributed by atoms with Crippen molar-refractivity contribution in [3.8, 4) is 0 Å². The smallest absolute Gasteiger partial charge is 0.103 e. The lowest BCUT2D eigenvalue weighted by atomic mass is 9.70. The Balaban J connectivity index is 1.87. The van der Waals surface area contributed by atoms with E-state index in [1.807, 2.05) is 0 Å². The summed E-state index contributed by atoms with van der Waals surface area (Å²) in [5.74, 6) is 1.74. The summed E-state index contributed by atoms with van der Waals surface area (Å²) in [6.45, 7) is 2.20. The Kier molecular flexibility index (Phi) is 4.31. The second kappa shape index (κ2) is 5.33. The summed E-state index contributed by atoms with van der Waals surface area (Å²) in [4.78, 5) is 0. The van der Waals surface area contributed by atoms with Crippen LogP contribution in [0, 0.1) is 17.8 Å². The normalized spacial score (nSPS) is 47.8. The first-order valence-electron chi connectivity index (χ1n) is 6.45. The third-order valence-electron chi connectivity index (χ3n) is 4.39. The molecule has 0 bridgehead atoms. The third-order valence-corrected chi connectivity index (χ3v) is 5.64. The molecule has 3 atom stereocenters. The van der Waals surface area contributed by atoms with Gasteiger partial charge in [-0.15, -0.1) is 0 Å². The molecule has 15 heavy (non-hydrogen) atoms. The van der Waals surface area contributed by atoms with Gasteiger partial charge in [0.05, 0.1) is 0 Å². The first-order chi connectivity index (χ1) is 7.16. The van der Waals surface area contributed by atoms with E-state index in [1.165, 1.54) is 32.1 Å². The Bertz CT molecular complexity index is 199. The first-order valence-corrected chi connectivity index (χ1v) is 7.69. The van der Waals surface area contributed by atoms with Crippen molar-refractivity contribution < 1.29 is 4.39 Å². The van der Waals surface area contributed by atoms with Crippen molar-refractivity contribution in [2.45, 2.75) is 62.0 Å². The van der Waals surface area contributed by atoms with Crippen LogP contribution in [-0.4, -0.2) is 10.1 Å². The minimum atomic E-state index is -0.496. The monoisotopic (exact) mass is 324 g/mol. The van der Waals surface area contributed by atoms with Crippen LogP contribution in [0.2, 0.25) is 0 Å². The lowest BCUT2D eigenvalue weighted by Crippen LogP contribution is -2.33. The van der Waals surface area contributed by atoms with Crippen molar-refractivity contribution >= 4 is 22.6 Å². The van der Waals surface area contributed by atoms with Gasteiger partial charge < -0.3 is 0 Å². The molecule has 88 valence electrons. The zero-order chi connectivity index (χ0) is 10.8. The van der Waals surface area contributed by atoms with E-state index in [2.05, 4.69) is 29.5 Å². The van der Waals surface area contributed by atoms with Gasteiger partial charge in [-0.1, -0.05) is 35.9 Å². The Labute approximate surface area is 107 Å². The number of hydrogen-bond donors (Lipinski definition) is 0. The quantitative estimate of drug-likeness (QED) is 0.482. The SMILES string of the molecule is CC1CCC(C2CCC(I)CC2)C(F)C1. The van der Waals surface area contributed by atoms with E-state index in [-0.39, 0.29) is 0 Å². The third kappa shape index (κ3) is 3.07. The molecule has 0 saturated heterocycles. The summed E-state index contributed by atoms with van der Waals surface area (Å²) in [6.07, 6.45) is 7.96. The maximum absolute atomic E-state index is 14.0. The molecule has 0 radical (unpaired) electrons. The predicted octanol–water partition coefficient (Wildman–Crippen LogP) is 4.75. The van der Waals surface area contributed by atoms with Crippen molar-refractivity contribution in [3.63, 3.8) is 0 Å². The molecule has 2 fully saturated rings. The first kappa shape index (κ1) is 12.1. The van der Waals surface area contributed by atoms with E-state index in [0.717, 1.165) is 16.8 Å². The van der Waals surface area contributed by atoms with Crippen molar-refractivity contribution in [2.24, 2.45) is 17.8 Å². The molecular formula is C13H22FI. The summed E-state index contributed by atoms with van der Waals surface area (Å²) in [7, 11) is 0. The fourth-order valence-electron chi connectivity index (χ4n) is 3.37. The van der Waals surface area contributed by atoms with Crippen molar-refractivity contribution in [1.29, 1.82) is 0 Å². The molecule has 0 aromatic rings. The molecule has 3 unspecified atom stereocenters. The molecule has 0 heterocycles. The molecule has 0 spiro atoms. The fraction of sp³-hybridized carbons (Fsp3) is 1.00. The molecule has 2 rings (SSSR count). The van der Waals surface area contributed by atoms with Gasteiger partial charge in [0, 0.05) is 3.92 Å². The Hall–Kier alpha value is 0.660. The van der Waals surface area contributed by atoms with Crippen molar-refractivity contribution in [1.82, 2.24) is 0 Å². The van der Waals surface area contributed by atoms with Gasteiger partial charge in [0.25, 0.3) is 0 Å². The zero-order valence-corrected chi connectivity index (χ0v) is 11.7. The van der Waals surface area contributed by atoms with E-state index in [4.69, 9.17) is 0 Å². The van der Waals surface area contributed by atoms with Gasteiger partial charge in [0.1, 0.15) is 6.17 Å². The van der Waals surface area contributed by atoms with E-state index in [0.29, 0.717) is 17.8 Å². The van der Waals surface area contributed by atoms with Crippen LogP contribution in [0.1, 0.15) is 51.9 Å². The molecule has 2 aliphatic carbocycles. The zero-order valence-electron chi connectivity index (χ0n) is 9.59. The van der Waals surface area contributed by atoms with Crippen LogP contribution < -0.4 is 0 Å². The highest BCUT2D eigenvalue weighted by Crippen LogP contribution is 2.42. The van der Waals surface area contributed by atoms with E-state index in [1.54, 1.807) is 0 Å². The van der Waals surface area contributed by atoms with Crippen LogP contribution >= 0.6 is 22.6 Å². The minimum Gasteiger partial charge on any atom is -0.247 e. The minimum absolute atomic E-state index is 0.407. The maximum Gasteiger partial charge on any atom is 0.103 e. The van der Waals surface area contributed by atoms with Crippen LogP contribution in [0.5, 0.6) is 0 Å². The second-order valence-electron chi connectivity index (χ2n) is 5.61. The summed E-state index contributed by atoms with van der Waals surface area (Å²) >= 11 is 2.55. The Morgan fingerprint density at radius 1 is 1.00 bits per heavy atom. The highest BCUT2D eigenvalue weighted by Gasteiger charge is 2.35. The summed E-state index contributed by atoms with van der Waals surface area (Å²) in [5.41, 5.74) is 0. The average molecular weight is 324 g/mol. The lowest BCUT2D eigenvalue weighted by molar-refractivity contribution is 0.0724. The second-order valence-corrected chi connectivity index (χ2v) is 7.37. The molecule has 0 nitrogen and oxygen atoms in total. The summed E-state index contributed by atoms with van der Waals surface area (Å²) in [5, 5.41) is 0. The number of hydrogen-bond acceptors (Lipinski definition) is 0. The van der Waals surface area contributed by atoms with Crippen LogP contribution in [0.3, 0.4) is 0 Å². The number of halogens is 2. The molecule has 2 heteroatoms. The van der Waals surface area contributed by atoms with E-state index >= 15 is 0 Å². The van der Waals surface area contributed by atoms with Crippen LogP contribution in [0.25, 0.3) is 0 Å². The van der Waals surface area contributed by atoms with Crippen molar-refractivity contribution in [2.75, 3.05) is 0 Å². The highest BCUT2D eigenvalue weighted by molar-refractivity contribution is 14.1. The maximum atomic E-state index is 14.0. The van der Waals surface area contributed by atoms with Gasteiger partial charge in [0.2, 0.25) is 0 Å². The van der Waals surface area contributed by atoms with Gasteiger partial charge in [-0.25, -0.2) is 4.39 Å². The molecule has 0 aliphatic heterocycles. The molecular weight excluding hydrogens is 302 g/mol. The fourth-order valence-corrected chi connectivity index (χ4v) is 4.09. The van der Waals surface area contributed by atoms with Crippen molar-refractivity contribution in [3.05, 3.63) is 0 Å². The number of alkyl halides is 2. The highest BCUT2D eigenvalue weighted by atomic mass is 127. The molecule has 2 aliphatic rings. The van der Waals surface area contributed by atoms with Crippen LogP contribution in [0.15, 0.2) is 0 Å². The Morgan fingerprint density at radius 2 is 1.67 bits per heavy atom. The van der Waals surface area contributed by atoms with Crippen LogP contribution in [-0.2, 0) is 0 Å².